The summed E-state index contributed by atoms with van der Waals surface area (Å²) >= 11 is 0. The van der Waals surface area contributed by atoms with Gasteiger partial charge in [0.05, 0.1) is 20.6 Å². The van der Waals surface area contributed by atoms with Crippen molar-refractivity contribution in [2.24, 2.45) is 0 Å². The molecular formula is C16H21NO5. The van der Waals surface area contributed by atoms with Crippen molar-refractivity contribution in [3.05, 3.63) is 35.9 Å². The predicted molar refractivity (Wildman–Crippen MR) is 78.9 cm³/mol. The molecule has 1 aliphatic heterocycles. The normalized spacial score (nSPS) is 28.4. The zero-order valence-electron chi connectivity index (χ0n) is 13.2. The van der Waals surface area contributed by atoms with E-state index in [1.54, 1.807) is 11.9 Å². The quantitative estimate of drug-likeness (QED) is 0.786. The van der Waals surface area contributed by atoms with Gasteiger partial charge in [-0.15, -0.1) is 0 Å². The van der Waals surface area contributed by atoms with Crippen molar-refractivity contribution in [3.63, 3.8) is 0 Å². The van der Waals surface area contributed by atoms with Crippen LogP contribution in [0, 0.1) is 0 Å². The van der Waals surface area contributed by atoms with Crippen molar-refractivity contribution in [2.75, 3.05) is 21.3 Å². The van der Waals surface area contributed by atoms with Gasteiger partial charge in [-0.25, -0.2) is 4.79 Å². The van der Waals surface area contributed by atoms with Gasteiger partial charge < -0.3 is 14.2 Å². The van der Waals surface area contributed by atoms with Crippen LogP contribution in [0.25, 0.3) is 0 Å². The molecule has 0 N–H and O–H groups in total. The largest absolute Gasteiger partial charge is 0.469 e. The van der Waals surface area contributed by atoms with Crippen LogP contribution < -0.4 is 0 Å². The van der Waals surface area contributed by atoms with E-state index in [0.717, 1.165) is 5.56 Å². The van der Waals surface area contributed by atoms with Gasteiger partial charge in [-0.1, -0.05) is 30.3 Å². The molecule has 1 aromatic rings. The molecule has 120 valence electrons. The van der Waals surface area contributed by atoms with Crippen LogP contribution in [0.4, 0.5) is 0 Å². The van der Waals surface area contributed by atoms with Crippen LogP contribution in [0.3, 0.4) is 0 Å². The van der Waals surface area contributed by atoms with Crippen LogP contribution in [-0.4, -0.2) is 49.9 Å². The third-order valence-electron chi connectivity index (χ3n) is 4.18. The van der Waals surface area contributed by atoms with Crippen molar-refractivity contribution in [1.29, 1.82) is 0 Å². The molecule has 0 amide bonds. The minimum Gasteiger partial charge on any atom is -0.469 e. The standard InChI is InChI=1S/C16H21NO5/c1-11-14(12-8-6-5-7-9-12)22-16(17(11)2,15(19)21-4)10-13(18)20-3/h5-9,11,14H,10H2,1-4H3/t11-,14-,16+/m0/s1. The fourth-order valence-electron chi connectivity index (χ4n) is 2.77. The highest BCUT2D eigenvalue weighted by molar-refractivity contribution is 5.85. The number of likely N-dealkylation sites (N-methyl/N-ethyl adjacent to an activating group) is 1. The maximum absolute atomic E-state index is 12.3. The van der Waals surface area contributed by atoms with Crippen molar-refractivity contribution in [2.45, 2.75) is 31.2 Å². The third-order valence-corrected chi connectivity index (χ3v) is 4.18. The second-order valence-electron chi connectivity index (χ2n) is 5.33. The summed E-state index contributed by atoms with van der Waals surface area (Å²) in [5, 5.41) is 0. The maximum Gasteiger partial charge on any atom is 0.354 e. The number of rotatable bonds is 4. The molecular weight excluding hydrogens is 286 g/mol. The molecule has 1 fully saturated rings. The number of carbonyl (C=O) groups is 2. The highest BCUT2D eigenvalue weighted by Gasteiger charge is 2.57. The number of methoxy groups -OCH3 is 2. The second-order valence-corrected chi connectivity index (χ2v) is 5.33. The minimum absolute atomic E-state index is 0.105. The van der Waals surface area contributed by atoms with Gasteiger partial charge in [0, 0.05) is 6.04 Å². The molecule has 1 saturated heterocycles. The van der Waals surface area contributed by atoms with E-state index in [1.807, 2.05) is 37.3 Å². The molecule has 0 bridgehead atoms. The van der Waals surface area contributed by atoms with E-state index < -0.39 is 17.7 Å². The molecule has 1 heterocycles. The smallest absolute Gasteiger partial charge is 0.354 e. The first kappa shape index (κ1) is 16.5. The van der Waals surface area contributed by atoms with Gasteiger partial charge in [0.25, 0.3) is 0 Å². The Labute approximate surface area is 129 Å². The van der Waals surface area contributed by atoms with Gasteiger partial charge in [-0.3, -0.25) is 9.69 Å². The number of ether oxygens (including phenoxy) is 3. The van der Waals surface area contributed by atoms with Crippen LogP contribution in [0.2, 0.25) is 0 Å². The van der Waals surface area contributed by atoms with Gasteiger partial charge >= 0.3 is 11.9 Å². The molecule has 0 aromatic heterocycles. The average Bonchev–Trinajstić information content (AvgIpc) is 2.80. The van der Waals surface area contributed by atoms with E-state index in [-0.39, 0.29) is 18.6 Å². The Kier molecular flexibility index (Phi) is 4.83. The fourth-order valence-corrected chi connectivity index (χ4v) is 2.77. The lowest BCUT2D eigenvalue weighted by Gasteiger charge is -2.31. The summed E-state index contributed by atoms with van der Waals surface area (Å²) < 4.78 is 15.6. The Bertz CT molecular complexity index is 547. The molecule has 0 unspecified atom stereocenters. The van der Waals surface area contributed by atoms with Gasteiger partial charge in [0.1, 0.15) is 6.10 Å². The lowest BCUT2D eigenvalue weighted by molar-refractivity contribution is -0.189. The predicted octanol–water partition coefficient (Wildman–Crippen LogP) is 1.51. The van der Waals surface area contributed by atoms with Crippen LogP contribution in [-0.2, 0) is 23.8 Å². The van der Waals surface area contributed by atoms with Crippen molar-refractivity contribution < 1.29 is 23.8 Å². The molecule has 3 atom stereocenters. The monoisotopic (exact) mass is 307 g/mol. The highest BCUT2D eigenvalue weighted by Crippen LogP contribution is 2.42. The molecule has 6 heteroatoms. The first-order valence-corrected chi connectivity index (χ1v) is 7.07. The molecule has 0 spiro atoms. The molecule has 6 nitrogen and oxygen atoms in total. The van der Waals surface area contributed by atoms with E-state index in [0.29, 0.717) is 0 Å². The summed E-state index contributed by atoms with van der Waals surface area (Å²) in [6.45, 7) is 1.94. The van der Waals surface area contributed by atoms with E-state index in [1.165, 1.54) is 14.2 Å². The summed E-state index contributed by atoms with van der Waals surface area (Å²) in [6.07, 6.45) is -0.560. The number of benzene rings is 1. The molecule has 1 aromatic carbocycles. The second kappa shape index (κ2) is 6.46. The number of esters is 2. The van der Waals surface area contributed by atoms with Gasteiger partial charge in [-0.05, 0) is 19.5 Å². The molecule has 0 aliphatic carbocycles. The van der Waals surface area contributed by atoms with Crippen molar-refractivity contribution >= 4 is 11.9 Å². The highest BCUT2D eigenvalue weighted by atomic mass is 16.6. The summed E-state index contributed by atoms with van der Waals surface area (Å²) in [5.74, 6) is -1.14. The van der Waals surface area contributed by atoms with Gasteiger partial charge in [0.15, 0.2) is 0 Å². The number of hydrogen-bond acceptors (Lipinski definition) is 6. The Balaban J connectivity index is 2.38. The van der Waals surface area contributed by atoms with Crippen LogP contribution in [0.5, 0.6) is 0 Å². The van der Waals surface area contributed by atoms with E-state index in [2.05, 4.69) is 0 Å². The Morgan fingerprint density at radius 1 is 1.23 bits per heavy atom. The summed E-state index contributed by atoms with van der Waals surface area (Å²) in [5.41, 5.74) is -0.528. The Morgan fingerprint density at radius 3 is 2.41 bits per heavy atom. The summed E-state index contributed by atoms with van der Waals surface area (Å²) in [7, 11) is 4.30. The van der Waals surface area contributed by atoms with E-state index >= 15 is 0 Å². The molecule has 1 aliphatic rings. The first-order chi connectivity index (χ1) is 10.5. The Morgan fingerprint density at radius 2 is 1.86 bits per heavy atom. The molecule has 0 saturated carbocycles. The van der Waals surface area contributed by atoms with E-state index in [9.17, 15) is 9.59 Å². The molecule has 22 heavy (non-hydrogen) atoms. The SMILES string of the molecule is COC(=O)C[C@]1(C(=O)OC)O[C@H](c2ccccc2)[C@H](C)N1C. The third kappa shape index (κ3) is 2.71. The number of hydrogen-bond donors (Lipinski definition) is 0. The maximum atomic E-state index is 12.3. The van der Waals surface area contributed by atoms with Crippen LogP contribution in [0.15, 0.2) is 30.3 Å². The van der Waals surface area contributed by atoms with Crippen molar-refractivity contribution in [1.82, 2.24) is 4.90 Å². The topological polar surface area (TPSA) is 65.1 Å². The van der Waals surface area contributed by atoms with Crippen molar-refractivity contribution in [3.8, 4) is 0 Å². The average molecular weight is 307 g/mol. The number of carbonyl (C=O) groups excluding carboxylic acids is 2. The Hall–Kier alpha value is -1.92. The lowest BCUT2D eigenvalue weighted by atomic mass is 10.0. The van der Waals surface area contributed by atoms with E-state index in [4.69, 9.17) is 14.2 Å². The summed E-state index contributed by atoms with van der Waals surface area (Å²) in [4.78, 5) is 25.8. The van der Waals surface area contributed by atoms with Crippen LogP contribution in [0.1, 0.15) is 25.0 Å². The van der Waals surface area contributed by atoms with Gasteiger partial charge in [0.2, 0.25) is 5.72 Å². The summed E-state index contributed by atoms with van der Waals surface area (Å²) in [6, 6.07) is 9.48. The first-order valence-electron chi connectivity index (χ1n) is 7.07. The van der Waals surface area contributed by atoms with Gasteiger partial charge in [-0.2, -0.15) is 0 Å². The molecule has 2 rings (SSSR count). The zero-order chi connectivity index (χ0) is 16.3. The number of nitrogens with zero attached hydrogens (tertiary/aromatic N) is 1. The van der Waals surface area contributed by atoms with Crippen LogP contribution >= 0.6 is 0 Å². The zero-order valence-corrected chi connectivity index (χ0v) is 13.2. The molecule has 0 radical (unpaired) electrons. The lowest BCUT2D eigenvalue weighted by Crippen LogP contribution is -2.53. The fraction of sp³-hybridized carbons (Fsp3) is 0.500. The minimum atomic E-state index is -1.47.